The molecule has 0 spiro atoms. The average Bonchev–Trinajstić information content (AvgIpc) is 3.88. The van der Waals surface area contributed by atoms with Gasteiger partial charge in [0, 0.05) is 74.7 Å². The van der Waals surface area contributed by atoms with Gasteiger partial charge in [0.05, 0.1) is 26.4 Å². The zero-order chi connectivity index (χ0) is 43.8. The van der Waals surface area contributed by atoms with E-state index in [1.807, 2.05) is 30.2 Å². The molecule has 0 saturated carbocycles. The Labute approximate surface area is 356 Å². The number of fused-ring (bicyclic) bond motifs is 3. The van der Waals surface area contributed by atoms with E-state index in [0.29, 0.717) is 98.4 Å². The molecule has 60 heavy (non-hydrogen) atoms. The number of Topliss-reactive ketones (excluding diaryl/α,β-unsaturated/α-hetero) is 1. The monoisotopic (exact) mass is 923 g/mol. The number of benzene rings is 2. The van der Waals surface area contributed by atoms with Crippen LogP contribution >= 0.6 is 21.6 Å². The fourth-order valence-corrected chi connectivity index (χ4v) is 20.3. The maximum atomic E-state index is 14.3. The molecular weight excluding hydrogens is 877 g/mol. The first kappa shape index (κ1) is 44.3. The van der Waals surface area contributed by atoms with E-state index in [1.54, 1.807) is 24.3 Å². The second kappa shape index (κ2) is 15.5. The maximum Gasteiger partial charge on any atom is 0.303 e. The van der Waals surface area contributed by atoms with Crippen molar-refractivity contribution < 1.29 is 64.4 Å². The third kappa shape index (κ3) is 7.81. The lowest BCUT2D eigenvalue weighted by atomic mass is 9.73. The molecule has 0 unspecified atom stereocenters. The van der Waals surface area contributed by atoms with Gasteiger partial charge in [-0.1, -0.05) is 19.8 Å². The van der Waals surface area contributed by atoms with Crippen LogP contribution in [0.15, 0.2) is 80.9 Å². The highest BCUT2D eigenvalue weighted by Gasteiger charge is 2.80. The summed E-state index contributed by atoms with van der Waals surface area (Å²) in [5.74, 6) is -2.77. The number of carbonyl (C=O) groups is 3. The molecule has 324 valence electrons. The van der Waals surface area contributed by atoms with Crippen LogP contribution in [0.3, 0.4) is 0 Å². The number of rotatable bonds is 19. The van der Waals surface area contributed by atoms with E-state index >= 15 is 0 Å². The van der Waals surface area contributed by atoms with Gasteiger partial charge in [0.15, 0.2) is 9.12 Å². The SMILES string of the molecule is CCC[N+]1=C(/C=C2\C(=O)C(/C=C3/N(CCC45S[SH]4(=O)S5)c4ccc(S(=O)(=O)O)cc4[C@@]3(C)CCCCC(=O)O)=C2O)[C@](C)(CCCCC(=O)O)c2cc(S(=O)(=O)O)ccc21. The van der Waals surface area contributed by atoms with Crippen molar-refractivity contribution in [3.8, 4) is 0 Å². The Morgan fingerprint density at radius 3 is 1.90 bits per heavy atom. The van der Waals surface area contributed by atoms with Crippen molar-refractivity contribution in [2.75, 3.05) is 18.0 Å². The summed E-state index contributed by atoms with van der Waals surface area (Å²) in [5.41, 5.74) is 1.37. The zero-order valence-corrected chi connectivity index (χ0v) is 37.2. The number of aliphatic carboxylic acids is 2. The quantitative estimate of drug-likeness (QED) is 0.0165. The lowest BCUT2D eigenvalue weighted by Gasteiger charge is -2.32. The number of ketones is 1. The van der Waals surface area contributed by atoms with Crippen molar-refractivity contribution in [3.63, 3.8) is 0 Å². The number of aliphatic hydroxyl groups is 1. The van der Waals surface area contributed by atoms with Gasteiger partial charge in [-0.15, -0.1) is 0 Å². The van der Waals surface area contributed by atoms with E-state index in [2.05, 4.69) is 0 Å². The minimum absolute atomic E-state index is 0.0139. The summed E-state index contributed by atoms with van der Waals surface area (Å²) in [4.78, 5) is 38.3. The van der Waals surface area contributed by atoms with Gasteiger partial charge in [-0.25, -0.2) is 0 Å². The Morgan fingerprint density at radius 1 is 0.833 bits per heavy atom. The maximum absolute atomic E-state index is 14.3. The molecule has 7 rings (SSSR count). The van der Waals surface area contributed by atoms with Gasteiger partial charge >= 0.3 is 11.9 Å². The van der Waals surface area contributed by atoms with E-state index in [0.717, 1.165) is 0 Å². The molecule has 5 N–H and O–H groups in total. The van der Waals surface area contributed by atoms with Crippen LogP contribution in [-0.2, 0) is 53.4 Å². The van der Waals surface area contributed by atoms with E-state index in [1.165, 1.54) is 45.9 Å². The number of aliphatic hydroxyl groups excluding tert-OH is 1. The predicted octanol–water partition coefficient (Wildman–Crippen LogP) is 6.60. The van der Waals surface area contributed by atoms with Gasteiger partial charge in [-0.05, 0) is 103 Å². The van der Waals surface area contributed by atoms with Crippen molar-refractivity contribution in [2.24, 2.45) is 0 Å². The third-order valence-electron chi connectivity index (χ3n) is 12.2. The van der Waals surface area contributed by atoms with Crippen LogP contribution in [0.4, 0.5) is 11.4 Å². The van der Waals surface area contributed by atoms with Gasteiger partial charge < -0.3 is 20.2 Å². The molecule has 0 radical (unpaired) electrons. The minimum Gasteiger partial charge on any atom is -0.506 e. The largest absolute Gasteiger partial charge is 0.506 e. The second-order valence-corrected chi connectivity index (χ2v) is 28.3. The molecule has 5 aliphatic rings. The molecule has 0 amide bonds. The van der Waals surface area contributed by atoms with E-state index in [-0.39, 0.29) is 42.9 Å². The molecule has 2 atom stereocenters. The number of allylic oxidation sites excluding steroid dienone is 5. The Balaban J connectivity index is 1.33. The molecule has 15 nitrogen and oxygen atoms in total. The average molecular weight is 924 g/mol. The van der Waals surface area contributed by atoms with Crippen LogP contribution in [-0.4, -0.2) is 90.0 Å². The highest BCUT2D eigenvalue weighted by Crippen LogP contribution is 2.93. The molecule has 0 aromatic heterocycles. The number of carboxylic acids is 2. The first-order valence-electron chi connectivity index (χ1n) is 19.5. The molecule has 20 heteroatoms. The molecule has 2 aromatic carbocycles. The topological polar surface area (TPSA) is 244 Å². The molecule has 0 bridgehead atoms. The van der Waals surface area contributed by atoms with Crippen molar-refractivity contribution in [2.45, 2.75) is 109 Å². The van der Waals surface area contributed by atoms with Crippen LogP contribution in [0, 0.1) is 0 Å². The van der Waals surface area contributed by atoms with Crippen molar-refractivity contribution in [1.29, 1.82) is 0 Å². The summed E-state index contributed by atoms with van der Waals surface area (Å²) in [6, 6.07) is 8.48. The molecule has 1 aliphatic carbocycles. The van der Waals surface area contributed by atoms with E-state index in [9.17, 15) is 59.9 Å². The number of carbonyl (C=O) groups excluding carboxylic acids is 1. The van der Waals surface area contributed by atoms with Crippen molar-refractivity contribution in [1.82, 2.24) is 0 Å². The van der Waals surface area contributed by atoms with Crippen molar-refractivity contribution >= 4 is 84.6 Å². The minimum atomic E-state index is -4.63. The summed E-state index contributed by atoms with van der Waals surface area (Å²) in [5, 5.41) is 30.4. The van der Waals surface area contributed by atoms with Gasteiger partial charge in [-0.2, -0.15) is 21.4 Å². The summed E-state index contributed by atoms with van der Waals surface area (Å²) in [7, 11) is -8.66. The van der Waals surface area contributed by atoms with Gasteiger partial charge in [0.25, 0.3) is 20.2 Å². The number of hydrogen-bond acceptors (Lipinski definition) is 12. The number of carboxylic acid groups (broad SMARTS) is 2. The van der Waals surface area contributed by atoms with Crippen LogP contribution in [0.5, 0.6) is 0 Å². The Kier molecular flexibility index (Phi) is 11.5. The van der Waals surface area contributed by atoms with E-state index in [4.69, 9.17) is 0 Å². The molecule has 4 heterocycles. The lowest BCUT2D eigenvalue weighted by Crippen LogP contribution is -2.34. The highest BCUT2D eigenvalue weighted by molar-refractivity contribution is 9.38. The van der Waals surface area contributed by atoms with Crippen molar-refractivity contribution in [3.05, 3.63) is 82.3 Å². The first-order chi connectivity index (χ1) is 28.0. The van der Waals surface area contributed by atoms with Crippen LogP contribution in [0.1, 0.15) is 96.1 Å². The summed E-state index contributed by atoms with van der Waals surface area (Å²) in [6.45, 7) is 6.42. The Bertz CT molecular complexity index is 2640. The van der Waals surface area contributed by atoms with Gasteiger partial charge in [0.1, 0.15) is 12.3 Å². The van der Waals surface area contributed by atoms with Crippen LogP contribution < -0.4 is 4.90 Å². The van der Waals surface area contributed by atoms with Gasteiger partial charge in [0.2, 0.25) is 11.5 Å². The third-order valence-corrected chi connectivity index (χ3v) is 25.2. The second-order valence-electron chi connectivity index (χ2n) is 16.2. The smallest absolute Gasteiger partial charge is 0.303 e. The summed E-state index contributed by atoms with van der Waals surface area (Å²) in [6.07, 6.45) is 6.22. The van der Waals surface area contributed by atoms with Crippen LogP contribution in [0.2, 0.25) is 0 Å². The predicted molar refractivity (Wildman–Crippen MR) is 230 cm³/mol. The molecule has 2 aromatic rings. The standard InChI is InChI=1S/C40H46N2O13S5/c1-4-18-41-30-13-11-24(58(49,50)51)20-28(30)38(2,15-7-5-9-34(43)44)32(41)22-26-36(47)27(37(26)48)23-33-39(3,16-8-6-10-35(45)46)29-21-25(59(52,53)54)12-14-31(29)42(33)19-17-40-56-60(40,55)57-40/h11-14,20-23,60H,4-10,15-19H2,1-3H3,(H4-,43,44,45,46,47,48,49,50,51,52,53,54)/p+1/t38-,39-/m1/s1. The Hall–Kier alpha value is -3.79. The lowest BCUT2D eigenvalue weighted by molar-refractivity contribution is -0.437. The number of anilines is 1. The Morgan fingerprint density at radius 2 is 1.38 bits per heavy atom. The summed E-state index contributed by atoms with van der Waals surface area (Å²) < 4.78 is 83.6. The number of thiol groups is 1. The number of unbranched alkanes of at least 4 members (excludes halogenated alkanes) is 2. The highest BCUT2D eigenvalue weighted by atomic mass is 33.6. The van der Waals surface area contributed by atoms with Gasteiger partial charge in [-0.3, -0.25) is 27.7 Å². The summed E-state index contributed by atoms with van der Waals surface area (Å²) >= 11 is 0. The zero-order valence-electron chi connectivity index (χ0n) is 33.1. The number of nitrogens with zero attached hydrogens (tertiary/aromatic N) is 2. The number of hydrogen-bond donors (Lipinski definition) is 6. The fourth-order valence-electron chi connectivity index (χ4n) is 8.86. The normalized spacial score (nSPS) is 26.9. The fraction of sp³-hybridized carbons (Fsp3) is 0.450. The molecule has 2 saturated heterocycles. The van der Waals surface area contributed by atoms with E-state index < -0.39 is 56.8 Å². The molecule has 2 fully saturated rings. The first-order valence-corrected chi connectivity index (χ1v) is 27.0. The molecule has 4 aliphatic heterocycles. The van der Waals surface area contributed by atoms with Crippen LogP contribution in [0.25, 0.3) is 0 Å². The molecular formula is C40H47N2O13S5+.